The van der Waals surface area contributed by atoms with E-state index in [9.17, 15) is 4.79 Å². The molecule has 1 aliphatic heterocycles. The van der Waals surface area contributed by atoms with Crippen molar-refractivity contribution in [2.75, 3.05) is 31.1 Å². The molecule has 22 heavy (non-hydrogen) atoms. The average Bonchev–Trinajstić information content (AvgIpc) is 2.58. The molecule has 1 aromatic carbocycles. The van der Waals surface area contributed by atoms with Crippen LogP contribution in [-0.4, -0.2) is 47.0 Å². The van der Waals surface area contributed by atoms with Crippen molar-refractivity contribution < 1.29 is 4.79 Å². The van der Waals surface area contributed by atoms with Gasteiger partial charge in [-0.05, 0) is 18.2 Å². The Labute approximate surface area is 138 Å². The molecule has 1 amide bonds. The van der Waals surface area contributed by atoms with Crippen LogP contribution < -0.4 is 4.90 Å². The molecule has 0 radical (unpaired) electrons. The van der Waals surface area contributed by atoms with Gasteiger partial charge in [0.15, 0.2) is 0 Å². The minimum absolute atomic E-state index is 0.0962. The summed E-state index contributed by atoms with van der Waals surface area (Å²) in [6, 6.07) is 6.88. The van der Waals surface area contributed by atoms with Gasteiger partial charge in [-0.2, -0.15) is 0 Å². The van der Waals surface area contributed by atoms with E-state index in [2.05, 4.69) is 14.9 Å². The predicted octanol–water partition coefficient (Wildman–Crippen LogP) is 2.75. The lowest BCUT2D eigenvalue weighted by atomic mass is 10.2. The van der Waals surface area contributed by atoms with E-state index < -0.39 is 0 Å². The van der Waals surface area contributed by atoms with E-state index in [-0.39, 0.29) is 5.91 Å². The van der Waals surface area contributed by atoms with Crippen molar-refractivity contribution in [2.24, 2.45) is 0 Å². The lowest BCUT2D eigenvalue weighted by Crippen LogP contribution is -2.49. The van der Waals surface area contributed by atoms with Crippen LogP contribution in [0, 0.1) is 0 Å². The molecule has 3 rings (SSSR count). The molecular weight excluding hydrogens is 323 g/mol. The summed E-state index contributed by atoms with van der Waals surface area (Å²) in [7, 11) is 0. The molecule has 1 saturated heterocycles. The van der Waals surface area contributed by atoms with E-state index in [1.807, 2.05) is 0 Å². The molecule has 1 fully saturated rings. The van der Waals surface area contributed by atoms with Gasteiger partial charge in [0.05, 0.1) is 15.6 Å². The number of aromatic nitrogens is 2. The topological polar surface area (TPSA) is 49.3 Å². The van der Waals surface area contributed by atoms with E-state index in [1.165, 1.54) is 0 Å². The van der Waals surface area contributed by atoms with Crippen LogP contribution in [0.3, 0.4) is 0 Å². The number of benzene rings is 1. The van der Waals surface area contributed by atoms with Gasteiger partial charge in [-0.15, -0.1) is 0 Å². The summed E-state index contributed by atoms with van der Waals surface area (Å²) in [5.74, 6) is 0.594. The van der Waals surface area contributed by atoms with Gasteiger partial charge in [0.1, 0.15) is 0 Å². The number of piperazine rings is 1. The third kappa shape index (κ3) is 3.00. The molecule has 0 spiro atoms. The van der Waals surface area contributed by atoms with Gasteiger partial charge >= 0.3 is 0 Å². The van der Waals surface area contributed by atoms with Gasteiger partial charge in [0, 0.05) is 38.6 Å². The monoisotopic (exact) mass is 336 g/mol. The molecule has 2 heterocycles. The summed E-state index contributed by atoms with van der Waals surface area (Å²) in [6.45, 7) is 2.57. The van der Waals surface area contributed by atoms with E-state index in [0.29, 0.717) is 47.7 Å². The summed E-state index contributed by atoms with van der Waals surface area (Å²) >= 11 is 12.1. The van der Waals surface area contributed by atoms with Gasteiger partial charge in [0.25, 0.3) is 5.91 Å². The van der Waals surface area contributed by atoms with E-state index in [0.717, 1.165) is 0 Å². The Hall–Kier alpha value is -1.85. The molecule has 114 valence electrons. The van der Waals surface area contributed by atoms with Crippen molar-refractivity contribution in [3.05, 3.63) is 52.3 Å². The quantitative estimate of drug-likeness (QED) is 0.846. The van der Waals surface area contributed by atoms with Crippen LogP contribution in [0.1, 0.15) is 10.4 Å². The second kappa shape index (κ2) is 6.50. The number of nitrogens with zero attached hydrogens (tertiary/aromatic N) is 4. The number of rotatable bonds is 2. The minimum atomic E-state index is -0.0962. The van der Waals surface area contributed by atoms with Crippen molar-refractivity contribution in [2.45, 2.75) is 0 Å². The van der Waals surface area contributed by atoms with Gasteiger partial charge in [0.2, 0.25) is 5.95 Å². The number of hydrogen-bond acceptors (Lipinski definition) is 4. The molecular formula is C15H14Cl2N4O. The lowest BCUT2D eigenvalue weighted by molar-refractivity contribution is 0.0746. The Kier molecular flexibility index (Phi) is 4.45. The molecule has 0 atom stereocenters. The van der Waals surface area contributed by atoms with E-state index in [1.54, 1.807) is 41.6 Å². The summed E-state index contributed by atoms with van der Waals surface area (Å²) in [4.78, 5) is 24.8. The molecule has 1 aromatic heterocycles. The molecule has 0 unspecified atom stereocenters. The maximum Gasteiger partial charge on any atom is 0.255 e. The summed E-state index contributed by atoms with van der Waals surface area (Å²) in [5.41, 5.74) is 0.443. The fourth-order valence-electron chi connectivity index (χ4n) is 2.40. The Balaban J connectivity index is 1.69. The highest BCUT2D eigenvalue weighted by Gasteiger charge is 2.25. The normalized spacial score (nSPS) is 15.0. The summed E-state index contributed by atoms with van der Waals surface area (Å²) in [6.07, 6.45) is 3.43. The molecule has 1 aliphatic rings. The summed E-state index contributed by atoms with van der Waals surface area (Å²) < 4.78 is 0. The summed E-state index contributed by atoms with van der Waals surface area (Å²) in [5, 5.41) is 0.701. The molecule has 0 bridgehead atoms. The molecule has 2 aromatic rings. The highest BCUT2D eigenvalue weighted by molar-refractivity contribution is 6.43. The second-order valence-corrected chi connectivity index (χ2v) is 5.71. The SMILES string of the molecule is O=C(c1cccc(Cl)c1Cl)N1CCN(c2ncccn2)CC1. The van der Waals surface area contributed by atoms with Crippen LogP contribution >= 0.6 is 23.2 Å². The molecule has 7 heteroatoms. The molecule has 0 aliphatic carbocycles. The molecule has 5 nitrogen and oxygen atoms in total. The molecule has 0 saturated carbocycles. The van der Waals surface area contributed by atoms with Gasteiger partial charge < -0.3 is 9.80 Å². The number of carbonyl (C=O) groups is 1. The number of halogens is 2. The zero-order valence-corrected chi connectivity index (χ0v) is 13.3. The van der Waals surface area contributed by atoms with Crippen molar-refractivity contribution in [1.82, 2.24) is 14.9 Å². The van der Waals surface area contributed by atoms with Crippen LogP contribution in [0.15, 0.2) is 36.7 Å². The number of amides is 1. The first kappa shape index (κ1) is 15.1. The standard InChI is InChI=1S/C15H14Cl2N4O/c16-12-4-1-3-11(13(12)17)14(22)20-7-9-21(10-8-20)15-18-5-2-6-19-15/h1-6H,7-10H2. The van der Waals surface area contributed by atoms with Crippen LogP contribution in [0.2, 0.25) is 10.0 Å². The second-order valence-electron chi connectivity index (χ2n) is 4.93. The van der Waals surface area contributed by atoms with Crippen molar-refractivity contribution in [1.29, 1.82) is 0 Å². The first-order chi connectivity index (χ1) is 10.7. The Morgan fingerprint density at radius 1 is 1.00 bits per heavy atom. The van der Waals surface area contributed by atoms with E-state index >= 15 is 0 Å². The van der Waals surface area contributed by atoms with Gasteiger partial charge in [-0.3, -0.25) is 4.79 Å². The third-order valence-corrected chi connectivity index (χ3v) is 4.40. The van der Waals surface area contributed by atoms with Crippen LogP contribution in [0.5, 0.6) is 0 Å². The third-order valence-electron chi connectivity index (χ3n) is 3.58. The number of anilines is 1. The number of hydrogen-bond donors (Lipinski definition) is 0. The first-order valence-corrected chi connectivity index (χ1v) is 7.67. The predicted molar refractivity (Wildman–Crippen MR) is 86.6 cm³/mol. The fourth-order valence-corrected chi connectivity index (χ4v) is 2.78. The maximum atomic E-state index is 12.5. The van der Waals surface area contributed by atoms with E-state index in [4.69, 9.17) is 23.2 Å². The van der Waals surface area contributed by atoms with Gasteiger partial charge in [-0.1, -0.05) is 29.3 Å². The Bertz CT molecular complexity index is 672. The maximum absolute atomic E-state index is 12.5. The van der Waals surface area contributed by atoms with Crippen LogP contribution in [-0.2, 0) is 0 Å². The Morgan fingerprint density at radius 2 is 1.68 bits per heavy atom. The molecule has 0 N–H and O–H groups in total. The van der Waals surface area contributed by atoms with Crippen LogP contribution in [0.25, 0.3) is 0 Å². The number of carbonyl (C=O) groups excluding carboxylic acids is 1. The highest BCUT2D eigenvalue weighted by Crippen LogP contribution is 2.26. The van der Waals surface area contributed by atoms with Gasteiger partial charge in [-0.25, -0.2) is 9.97 Å². The largest absolute Gasteiger partial charge is 0.337 e. The van der Waals surface area contributed by atoms with Crippen molar-refractivity contribution in [3.63, 3.8) is 0 Å². The first-order valence-electron chi connectivity index (χ1n) is 6.92. The zero-order chi connectivity index (χ0) is 15.5. The smallest absolute Gasteiger partial charge is 0.255 e. The lowest BCUT2D eigenvalue weighted by Gasteiger charge is -2.34. The van der Waals surface area contributed by atoms with Crippen molar-refractivity contribution in [3.8, 4) is 0 Å². The average molecular weight is 337 g/mol. The Morgan fingerprint density at radius 3 is 2.36 bits per heavy atom. The minimum Gasteiger partial charge on any atom is -0.337 e. The zero-order valence-electron chi connectivity index (χ0n) is 11.7. The van der Waals surface area contributed by atoms with Crippen LogP contribution in [0.4, 0.5) is 5.95 Å². The van der Waals surface area contributed by atoms with Crippen molar-refractivity contribution >= 4 is 35.1 Å². The highest BCUT2D eigenvalue weighted by atomic mass is 35.5. The fraction of sp³-hybridized carbons (Fsp3) is 0.267.